The third-order valence-electron chi connectivity index (χ3n) is 1.72. The molecule has 1 rings (SSSR count). The molecule has 0 unspecified atom stereocenters. The molecule has 0 atom stereocenters. The van der Waals surface area contributed by atoms with Crippen molar-refractivity contribution in [2.75, 3.05) is 0 Å². The third-order valence-corrected chi connectivity index (χ3v) is 2.06. The van der Waals surface area contributed by atoms with Gasteiger partial charge in [0.15, 0.2) is 11.7 Å². The van der Waals surface area contributed by atoms with E-state index in [0.717, 1.165) is 24.3 Å². The van der Waals surface area contributed by atoms with Crippen molar-refractivity contribution in [3.63, 3.8) is 0 Å². The van der Waals surface area contributed by atoms with Crippen molar-refractivity contribution < 1.29 is 17.6 Å². The Kier molecular flexibility index (Phi) is 4.38. The lowest BCUT2D eigenvalue weighted by Gasteiger charge is -2.00. The van der Waals surface area contributed by atoms with Crippen LogP contribution in [-0.4, -0.2) is 0 Å². The van der Waals surface area contributed by atoms with Crippen LogP contribution < -0.4 is 0 Å². The van der Waals surface area contributed by atoms with Crippen molar-refractivity contribution in [3.8, 4) is 0 Å². The number of hydrogen-bond acceptors (Lipinski definition) is 0. The molecule has 0 N–H and O–H groups in total. The maximum absolute atomic E-state index is 12.9. The Bertz CT molecular complexity index is 397. The molecule has 0 radical (unpaired) electrons. The van der Waals surface area contributed by atoms with Gasteiger partial charge in [-0.3, -0.25) is 0 Å². The van der Waals surface area contributed by atoms with Crippen LogP contribution in [-0.2, 0) is 0 Å². The van der Waals surface area contributed by atoms with Gasteiger partial charge in [0.2, 0.25) is 10.6 Å². The first-order chi connectivity index (χ1) is 7.43. The molecule has 0 aliphatic rings. The number of rotatable bonds is 2. The van der Waals surface area contributed by atoms with Gasteiger partial charge in [0.25, 0.3) is 0 Å². The van der Waals surface area contributed by atoms with Crippen LogP contribution in [0.3, 0.4) is 0 Å². The topological polar surface area (TPSA) is 0 Å². The van der Waals surface area contributed by atoms with Gasteiger partial charge in [0.1, 0.15) is 0 Å². The molecular weight excluding hydrogens is 267 g/mol. The maximum atomic E-state index is 12.9. The van der Waals surface area contributed by atoms with Crippen molar-refractivity contribution in [1.82, 2.24) is 0 Å². The van der Waals surface area contributed by atoms with Gasteiger partial charge >= 0.3 is 0 Å². The summed E-state index contributed by atoms with van der Waals surface area (Å²) in [4.78, 5) is 0. The smallest absolute Gasteiger partial charge is 0.202 e. The summed E-state index contributed by atoms with van der Waals surface area (Å²) in [6.07, 6.45) is 0. The predicted molar refractivity (Wildman–Crippen MR) is 56.4 cm³/mol. The van der Waals surface area contributed by atoms with Gasteiger partial charge in [-0.1, -0.05) is 24.3 Å². The van der Waals surface area contributed by atoms with Crippen molar-refractivity contribution in [1.29, 1.82) is 0 Å². The first-order valence-corrected chi connectivity index (χ1v) is 4.71. The molecule has 6 heteroatoms. The van der Waals surface area contributed by atoms with Gasteiger partial charge in [-0.15, -0.1) is 0 Å². The fourth-order valence-electron chi connectivity index (χ4n) is 0.981. The van der Waals surface area contributed by atoms with Gasteiger partial charge in [-0.2, -0.15) is 8.78 Å². The van der Waals surface area contributed by atoms with E-state index >= 15 is 0 Å². The predicted octanol–water partition coefficient (Wildman–Crippen LogP) is 5.29. The first-order valence-electron chi connectivity index (χ1n) is 3.96. The summed E-state index contributed by atoms with van der Waals surface area (Å²) in [5, 5.41) is -3.01. The Hall–Kier alpha value is -1.00. The van der Waals surface area contributed by atoms with E-state index in [9.17, 15) is 17.6 Å². The van der Waals surface area contributed by atoms with Crippen molar-refractivity contribution in [3.05, 3.63) is 46.0 Å². The van der Waals surface area contributed by atoms with E-state index < -0.39 is 22.2 Å². The highest BCUT2D eigenvalue weighted by molar-refractivity contribution is 6.31. The van der Waals surface area contributed by atoms with E-state index in [-0.39, 0.29) is 11.1 Å². The normalized spacial score (nSPS) is 14.4. The molecule has 0 bridgehead atoms. The van der Waals surface area contributed by atoms with E-state index in [1.807, 2.05) is 0 Å². The van der Waals surface area contributed by atoms with E-state index in [2.05, 4.69) is 0 Å². The van der Waals surface area contributed by atoms with Crippen LogP contribution in [0.4, 0.5) is 17.6 Å². The third kappa shape index (κ3) is 3.00. The van der Waals surface area contributed by atoms with E-state index in [1.54, 1.807) is 0 Å². The van der Waals surface area contributed by atoms with E-state index in [1.165, 1.54) is 0 Å². The monoisotopic (exact) mass is 270 g/mol. The van der Waals surface area contributed by atoms with Crippen LogP contribution >= 0.6 is 23.2 Å². The Morgan fingerprint density at radius 1 is 0.688 bits per heavy atom. The van der Waals surface area contributed by atoms with Crippen LogP contribution in [0.2, 0.25) is 0 Å². The summed E-state index contributed by atoms with van der Waals surface area (Å²) >= 11 is 9.58. The van der Waals surface area contributed by atoms with Crippen molar-refractivity contribution in [2.24, 2.45) is 0 Å². The second-order valence-corrected chi connectivity index (χ2v) is 3.39. The minimum Gasteiger partial charge on any atom is -0.202 e. The summed E-state index contributed by atoms with van der Waals surface area (Å²) in [6, 6.07) is 4.19. The molecule has 86 valence electrons. The molecular formula is C10H4Cl2F4. The zero-order valence-electron chi connectivity index (χ0n) is 7.58. The van der Waals surface area contributed by atoms with Crippen LogP contribution in [0.5, 0.6) is 0 Å². The molecule has 1 aromatic carbocycles. The van der Waals surface area contributed by atoms with Gasteiger partial charge in [-0.05, 0) is 23.2 Å². The Morgan fingerprint density at radius 2 is 0.938 bits per heavy atom. The number of halogens is 6. The second kappa shape index (κ2) is 5.37. The van der Waals surface area contributed by atoms with E-state index in [0.29, 0.717) is 0 Å². The standard InChI is InChI=1S/C10H4Cl2F4/c11-9(15)7(13)5-1-2-6(4-3-5)8(14)10(12)16/h1-4H/b9-7-,10-8-. The molecule has 16 heavy (non-hydrogen) atoms. The molecule has 0 saturated carbocycles. The molecule has 0 nitrogen and oxygen atoms in total. The first kappa shape index (κ1) is 13.1. The minimum atomic E-state index is -1.51. The van der Waals surface area contributed by atoms with Crippen LogP contribution in [0.25, 0.3) is 11.7 Å². The summed E-state index contributed by atoms with van der Waals surface area (Å²) in [5.41, 5.74) is -0.363. The molecule has 0 heterocycles. The average molecular weight is 271 g/mol. The van der Waals surface area contributed by atoms with Crippen molar-refractivity contribution >= 4 is 34.9 Å². The molecule has 0 aliphatic heterocycles. The molecule has 0 saturated heterocycles. The van der Waals surface area contributed by atoms with E-state index in [4.69, 9.17) is 23.2 Å². The summed E-state index contributed by atoms with van der Waals surface area (Å²) in [7, 11) is 0. The molecule has 0 aliphatic carbocycles. The summed E-state index contributed by atoms with van der Waals surface area (Å²) in [6.45, 7) is 0. The molecule has 0 amide bonds. The molecule has 0 spiro atoms. The van der Waals surface area contributed by atoms with Crippen LogP contribution in [0.15, 0.2) is 34.8 Å². The Balaban J connectivity index is 3.11. The highest BCUT2D eigenvalue weighted by Crippen LogP contribution is 2.27. The lowest BCUT2D eigenvalue weighted by molar-refractivity contribution is 0.649. The minimum absolute atomic E-state index is 0.181. The zero-order chi connectivity index (χ0) is 12.3. The van der Waals surface area contributed by atoms with Gasteiger partial charge < -0.3 is 0 Å². The fraction of sp³-hybridized carbons (Fsp3) is 0. The number of hydrogen-bond donors (Lipinski definition) is 0. The quantitative estimate of drug-likeness (QED) is 0.640. The fourth-order valence-corrected chi connectivity index (χ4v) is 1.20. The Labute approximate surface area is 98.8 Å². The molecule has 0 fully saturated rings. The lowest BCUT2D eigenvalue weighted by atomic mass is 10.1. The summed E-state index contributed by atoms with van der Waals surface area (Å²) in [5.74, 6) is -2.55. The van der Waals surface area contributed by atoms with Crippen LogP contribution in [0, 0.1) is 0 Å². The SMILES string of the molecule is F/C(Cl)=C(\F)c1ccc(/C(F)=C(/F)Cl)cc1. The molecule has 1 aromatic rings. The highest BCUT2D eigenvalue weighted by Gasteiger charge is 2.10. The lowest BCUT2D eigenvalue weighted by Crippen LogP contribution is -1.83. The van der Waals surface area contributed by atoms with Crippen LogP contribution in [0.1, 0.15) is 11.1 Å². The maximum Gasteiger partial charge on any atom is 0.225 e. The summed E-state index contributed by atoms with van der Waals surface area (Å²) < 4.78 is 50.4. The van der Waals surface area contributed by atoms with Crippen molar-refractivity contribution in [2.45, 2.75) is 0 Å². The largest absolute Gasteiger partial charge is 0.225 e. The molecule has 0 aromatic heterocycles. The zero-order valence-corrected chi connectivity index (χ0v) is 9.09. The van der Waals surface area contributed by atoms with Gasteiger partial charge in [0, 0.05) is 11.1 Å². The average Bonchev–Trinajstić information content (AvgIpc) is 2.27. The second-order valence-electron chi connectivity index (χ2n) is 2.73. The van der Waals surface area contributed by atoms with Gasteiger partial charge in [0.05, 0.1) is 0 Å². The number of benzene rings is 1. The highest BCUT2D eigenvalue weighted by atomic mass is 35.5. The Morgan fingerprint density at radius 3 is 1.12 bits per heavy atom. The van der Waals surface area contributed by atoms with Gasteiger partial charge in [-0.25, -0.2) is 8.78 Å².